The van der Waals surface area contributed by atoms with Crippen molar-refractivity contribution in [3.05, 3.63) is 52.2 Å². The average Bonchev–Trinajstić information content (AvgIpc) is 3.00. The van der Waals surface area contributed by atoms with Gasteiger partial charge >= 0.3 is 0 Å². The van der Waals surface area contributed by atoms with E-state index < -0.39 is 79.0 Å². The van der Waals surface area contributed by atoms with Gasteiger partial charge in [-0.05, 0) is 31.2 Å². The number of fused-ring (bicyclic) bond motifs is 1. The summed E-state index contributed by atoms with van der Waals surface area (Å²) < 4.78 is 33.8. The lowest BCUT2D eigenvalue weighted by Crippen LogP contribution is -2.61. The Morgan fingerprint density at radius 2 is 1.56 bits per heavy atom. The Hall–Kier alpha value is -3.31. The van der Waals surface area contributed by atoms with Crippen LogP contribution in [0.15, 0.2) is 45.6 Å². The molecule has 0 unspecified atom stereocenters. The van der Waals surface area contributed by atoms with Gasteiger partial charge in [0.1, 0.15) is 82.8 Å². The second kappa shape index (κ2) is 12.4. The molecule has 0 saturated carbocycles. The number of rotatable bonds is 7. The highest BCUT2D eigenvalue weighted by atomic mass is 16.7. The maximum atomic E-state index is 13.3. The van der Waals surface area contributed by atoms with E-state index in [-0.39, 0.29) is 28.0 Å². The molecule has 0 bridgehead atoms. The summed E-state index contributed by atoms with van der Waals surface area (Å²) in [7, 11) is 2.79. The van der Waals surface area contributed by atoms with Crippen molar-refractivity contribution in [2.45, 2.75) is 68.1 Å². The van der Waals surface area contributed by atoms with Crippen LogP contribution in [0.4, 0.5) is 0 Å². The molecule has 2 aromatic carbocycles. The summed E-state index contributed by atoms with van der Waals surface area (Å²) in [5.41, 5.74) is -0.298. The molecule has 3 heterocycles. The van der Waals surface area contributed by atoms with Gasteiger partial charge in [-0.1, -0.05) is 0 Å². The Kier molecular flexibility index (Phi) is 8.94. The van der Waals surface area contributed by atoms with Gasteiger partial charge < -0.3 is 63.8 Å². The summed E-state index contributed by atoms with van der Waals surface area (Å²) in [5, 5.41) is 73.6. The summed E-state index contributed by atoms with van der Waals surface area (Å²) in [4.78, 5) is 13.3. The molecule has 10 atom stereocenters. The van der Waals surface area contributed by atoms with E-state index >= 15 is 0 Å². The number of hydrogen-bond donors (Lipinski definition) is 7. The lowest BCUT2D eigenvalue weighted by atomic mass is 9.89. The number of phenols is 1. The molecule has 14 heteroatoms. The molecule has 14 nitrogen and oxygen atoms in total. The zero-order valence-corrected chi connectivity index (χ0v) is 23.4. The molecular formula is C29H34O14. The minimum Gasteiger partial charge on any atom is -0.506 e. The van der Waals surface area contributed by atoms with Crippen molar-refractivity contribution in [3.8, 4) is 28.6 Å². The van der Waals surface area contributed by atoms with Gasteiger partial charge in [0.15, 0.2) is 11.7 Å². The van der Waals surface area contributed by atoms with Crippen molar-refractivity contribution in [2.24, 2.45) is 0 Å². The van der Waals surface area contributed by atoms with Crippen LogP contribution in [0.1, 0.15) is 18.6 Å². The first-order valence-corrected chi connectivity index (χ1v) is 13.5. The Labute approximate surface area is 244 Å². The van der Waals surface area contributed by atoms with Gasteiger partial charge in [-0.2, -0.15) is 0 Å². The maximum absolute atomic E-state index is 13.3. The molecule has 1 aromatic heterocycles. The zero-order chi connectivity index (χ0) is 31.2. The van der Waals surface area contributed by atoms with Gasteiger partial charge in [-0.15, -0.1) is 0 Å². The highest BCUT2D eigenvalue weighted by Crippen LogP contribution is 2.46. The fourth-order valence-corrected chi connectivity index (χ4v) is 5.39. The predicted molar refractivity (Wildman–Crippen MR) is 147 cm³/mol. The van der Waals surface area contributed by atoms with E-state index in [0.717, 1.165) is 0 Å². The van der Waals surface area contributed by atoms with E-state index in [1.807, 2.05) is 0 Å². The molecule has 5 rings (SSSR count). The van der Waals surface area contributed by atoms with Crippen LogP contribution < -0.4 is 14.9 Å². The van der Waals surface area contributed by atoms with Crippen molar-refractivity contribution < 1.29 is 63.8 Å². The number of hydrogen-bond acceptors (Lipinski definition) is 14. The van der Waals surface area contributed by atoms with E-state index in [1.54, 1.807) is 24.3 Å². The third kappa shape index (κ3) is 5.57. The van der Waals surface area contributed by atoms with Crippen LogP contribution >= 0.6 is 0 Å². The van der Waals surface area contributed by atoms with Gasteiger partial charge in [0.2, 0.25) is 0 Å². The molecule has 2 saturated heterocycles. The predicted octanol–water partition coefficient (Wildman–Crippen LogP) is -0.451. The van der Waals surface area contributed by atoms with E-state index in [2.05, 4.69) is 0 Å². The Balaban J connectivity index is 1.60. The highest BCUT2D eigenvalue weighted by Gasteiger charge is 2.51. The van der Waals surface area contributed by atoms with E-state index in [0.29, 0.717) is 11.3 Å². The molecular weight excluding hydrogens is 572 g/mol. The van der Waals surface area contributed by atoms with Crippen LogP contribution in [-0.4, -0.2) is 112 Å². The average molecular weight is 607 g/mol. The van der Waals surface area contributed by atoms with Crippen LogP contribution in [0.2, 0.25) is 0 Å². The monoisotopic (exact) mass is 606 g/mol. The summed E-state index contributed by atoms with van der Waals surface area (Å²) in [6.07, 6.45) is -15.5. The molecule has 43 heavy (non-hydrogen) atoms. The van der Waals surface area contributed by atoms with E-state index in [4.69, 9.17) is 28.1 Å². The second-order valence-electron chi connectivity index (χ2n) is 10.5. The zero-order valence-electron chi connectivity index (χ0n) is 23.4. The fraction of sp³-hybridized carbons (Fsp3) is 0.483. The maximum Gasteiger partial charge on any atom is 0.197 e. The lowest BCUT2D eigenvalue weighted by Gasteiger charge is -2.46. The highest BCUT2D eigenvalue weighted by molar-refractivity contribution is 5.88. The SMILES string of the molecule is COc1ccc(-c2cc(=O)c3c(O)c([C@H]4O[C@H](CO)[C@@H](O)[C@H](O)[C@H]4O[C@H]4O[C@H](C)[C@@H](O)[C@H](O)[C@@H]4O)c(OC)cc3o2)cc1. The Morgan fingerprint density at radius 1 is 0.860 bits per heavy atom. The van der Waals surface area contributed by atoms with Crippen LogP contribution in [0.5, 0.6) is 17.2 Å². The Morgan fingerprint density at radius 3 is 2.19 bits per heavy atom. The third-order valence-electron chi connectivity index (χ3n) is 7.84. The number of phenolic OH excluding ortho intramolecular Hbond substituents is 1. The van der Waals surface area contributed by atoms with E-state index in [9.17, 15) is 40.5 Å². The summed E-state index contributed by atoms with van der Waals surface area (Å²) in [6.45, 7) is 0.686. The topological polar surface area (TPSA) is 218 Å². The number of aromatic hydroxyl groups is 1. The number of aliphatic hydroxyl groups is 6. The van der Waals surface area contributed by atoms with Crippen LogP contribution in [0.25, 0.3) is 22.3 Å². The van der Waals surface area contributed by atoms with Gasteiger partial charge in [-0.25, -0.2) is 0 Å². The third-order valence-corrected chi connectivity index (χ3v) is 7.84. The number of ether oxygens (including phenoxy) is 5. The second-order valence-corrected chi connectivity index (χ2v) is 10.5. The standard InChI is InChI=1S/C29H34O14/c1-11-21(32)24(35)26(37)29(40-11)43-28-25(36)22(33)18(10-30)42-27(28)20-16(39-3)9-17-19(23(20)34)14(31)8-15(41-17)12-4-6-13(38-2)7-5-12/h4-9,11,18,21-22,24-30,32-37H,10H2,1-3H3/t11-,18-,21-,22-,24+,25+,26+,27-,28-,29-/m1/s1. The number of methoxy groups -OCH3 is 2. The molecule has 234 valence electrons. The van der Waals surface area contributed by atoms with Crippen molar-refractivity contribution in [1.82, 2.24) is 0 Å². The first-order chi connectivity index (χ1) is 20.5. The number of aliphatic hydroxyl groups excluding tert-OH is 6. The minimum absolute atomic E-state index is 0.0408. The summed E-state index contributed by atoms with van der Waals surface area (Å²) in [5.74, 6) is 0.0894. The van der Waals surface area contributed by atoms with E-state index in [1.165, 1.54) is 33.3 Å². The fourth-order valence-electron chi connectivity index (χ4n) is 5.39. The molecule has 2 aliphatic rings. The molecule has 0 radical (unpaired) electrons. The first-order valence-electron chi connectivity index (χ1n) is 13.5. The van der Waals surface area contributed by atoms with Crippen LogP contribution in [-0.2, 0) is 14.2 Å². The van der Waals surface area contributed by atoms with Gasteiger partial charge in [0, 0.05) is 17.7 Å². The van der Waals surface area contributed by atoms with Crippen molar-refractivity contribution in [2.75, 3.05) is 20.8 Å². The lowest BCUT2D eigenvalue weighted by molar-refractivity contribution is -0.338. The summed E-state index contributed by atoms with van der Waals surface area (Å²) >= 11 is 0. The molecule has 0 spiro atoms. The first kappa shape index (κ1) is 31.1. The molecule has 0 aliphatic carbocycles. The summed E-state index contributed by atoms with van der Waals surface area (Å²) in [6, 6.07) is 9.26. The van der Waals surface area contributed by atoms with Crippen LogP contribution in [0.3, 0.4) is 0 Å². The molecule has 2 fully saturated rings. The van der Waals surface area contributed by atoms with Crippen LogP contribution in [0, 0.1) is 0 Å². The quantitative estimate of drug-likeness (QED) is 0.181. The normalized spacial score (nSPS) is 33.0. The molecule has 2 aliphatic heterocycles. The Bertz CT molecular complexity index is 1490. The minimum atomic E-state index is -1.79. The molecule has 7 N–H and O–H groups in total. The molecule has 3 aromatic rings. The van der Waals surface area contributed by atoms with Crippen molar-refractivity contribution >= 4 is 11.0 Å². The van der Waals surface area contributed by atoms with Crippen molar-refractivity contribution in [3.63, 3.8) is 0 Å². The largest absolute Gasteiger partial charge is 0.506 e. The smallest absolute Gasteiger partial charge is 0.197 e. The van der Waals surface area contributed by atoms with Gasteiger partial charge in [-0.3, -0.25) is 4.79 Å². The number of benzene rings is 2. The van der Waals surface area contributed by atoms with Crippen molar-refractivity contribution in [1.29, 1.82) is 0 Å². The molecule has 0 amide bonds. The van der Waals surface area contributed by atoms with Gasteiger partial charge in [0.25, 0.3) is 0 Å². The van der Waals surface area contributed by atoms with Gasteiger partial charge in [0.05, 0.1) is 32.5 Å².